The van der Waals surface area contributed by atoms with Crippen LogP contribution in [0.4, 0.5) is 10.5 Å². The van der Waals surface area contributed by atoms with Gasteiger partial charge in [0.2, 0.25) is 0 Å². The van der Waals surface area contributed by atoms with Gasteiger partial charge >= 0.3 is 16.1 Å². The molecule has 0 radical (unpaired) electrons. The first-order chi connectivity index (χ1) is 20.1. The van der Waals surface area contributed by atoms with E-state index in [0.717, 1.165) is 10.5 Å². The zero-order chi connectivity index (χ0) is 29.9. The second-order valence-corrected chi connectivity index (χ2v) is 12.1. The van der Waals surface area contributed by atoms with Crippen LogP contribution in [0.1, 0.15) is 11.1 Å². The smallest absolute Gasteiger partial charge is 0.339 e. The van der Waals surface area contributed by atoms with E-state index < -0.39 is 28.0 Å². The summed E-state index contributed by atoms with van der Waals surface area (Å²) in [5.41, 5.74) is 1.27. The van der Waals surface area contributed by atoms with Gasteiger partial charge in [-0.1, -0.05) is 48.5 Å². The Morgan fingerprint density at radius 3 is 2.02 bits per heavy atom. The number of imide groups is 2. The van der Waals surface area contributed by atoms with Crippen LogP contribution in [-0.4, -0.2) is 26.3 Å². The number of amides is 4. The summed E-state index contributed by atoms with van der Waals surface area (Å²) in [6.07, 6.45) is 1.29. The summed E-state index contributed by atoms with van der Waals surface area (Å²) in [5.74, 6) is -1.19. The van der Waals surface area contributed by atoms with Gasteiger partial charge in [0.25, 0.3) is 11.8 Å². The first-order valence-corrected chi connectivity index (χ1v) is 15.3. The van der Waals surface area contributed by atoms with Crippen LogP contribution in [0.2, 0.25) is 0 Å². The van der Waals surface area contributed by atoms with Crippen LogP contribution in [0.5, 0.6) is 11.5 Å². The zero-order valence-electron chi connectivity index (χ0n) is 21.5. The first-order valence-electron chi connectivity index (χ1n) is 12.3. The number of nitrogens with zero attached hydrogens (tertiary/aromatic N) is 1. The number of urea groups is 1. The van der Waals surface area contributed by atoms with Gasteiger partial charge in [-0.15, -0.1) is 0 Å². The van der Waals surface area contributed by atoms with Crippen LogP contribution in [0, 0.1) is 0 Å². The summed E-state index contributed by atoms with van der Waals surface area (Å²) in [6.45, 7) is 0.345. The number of carbonyl (C=O) groups is 3. The highest BCUT2D eigenvalue weighted by molar-refractivity contribution is 9.11. The van der Waals surface area contributed by atoms with Crippen molar-refractivity contribution in [3.8, 4) is 11.5 Å². The van der Waals surface area contributed by atoms with Gasteiger partial charge in [0.15, 0.2) is 5.75 Å². The summed E-state index contributed by atoms with van der Waals surface area (Å²) in [5, 5.41) is 2.18. The Kier molecular flexibility index (Phi) is 8.57. The van der Waals surface area contributed by atoms with E-state index in [1.165, 1.54) is 42.5 Å². The molecule has 0 bridgehead atoms. The number of hydrogen-bond donors (Lipinski definition) is 1. The zero-order valence-corrected chi connectivity index (χ0v) is 25.5. The largest absolute Gasteiger partial charge is 0.489 e. The van der Waals surface area contributed by atoms with E-state index in [9.17, 15) is 22.8 Å². The fourth-order valence-corrected chi connectivity index (χ4v) is 6.56. The third kappa shape index (κ3) is 6.46. The van der Waals surface area contributed by atoms with Crippen molar-refractivity contribution < 1.29 is 31.7 Å². The molecule has 0 aromatic heterocycles. The lowest BCUT2D eigenvalue weighted by atomic mass is 10.1. The molecule has 1 N–H and O–H groups in total. The molecular weight excluding hydrogens is 692 g/mol. The minimum absolute atomic E-state index is 0.0215. The lowest BCUT2D eigenvalue weighted by Gasteiger charge is -2.26. The van der Waals surface area contributed by atoms with Crippen molar-refractivity contribution in [1.29, 1.82) is 0 Å². The van der Waals surface area contributed by atoms with Gasteiger partial charge in [-0.2, -0.15) is 8.42 Å². The summed E-state index contributed by atoms with van der Waals surface area (Å²) in [4.78, 5) is 39.5. The van der Waals surface area contributed by atoms with E-state index in [0.29, 0.717) is 17.9 Å². The van der Waals surface area contributed by atoms with Gasteiger partial charge in [0.1, 0.15) is 22.8 Å². The van der Waals surface area contributed by atoms with Crippen LogP contribution in [0.25, 0.3) is 6.08 Å². The lowest BCUT2D eigenvalue weighted by molar-refractivity contribution is -0.122. The highest BCUT2D eigenvalue weighted by Gasteiger charge is 2.37. The van der Waals surface area contributed by atoms with Crippen molar-refractivity contribution in [1.82, 2.24) is 5.32 Å². The average molecular weight is 712 g/mol. The number of barbiturate groups is 1. The number of nitrogens with one attached hydrogen (secondary N) is 1. The third-order valence-electron chi connectivity index (χ3n) is 6.00. The molecule has 0 saturated carbocycles. The fraction of sp³-hybridized carbons (Fsp3) is 0.0333. The minimum atomic E-state index is -4.13. The van der Waals surface area contributed by atoms with Gasteiger partial charge in [-0.05, 0) is 97.6 Å². The molecule has 0 spiro atoms. The second-order valence-electron chi connectivity index (χ2n) is 8.89. The number of halogens is 2. The van der Waals surface area contributed by atoms with E-state index in [2.05, 4.69) is 37.2 Å². The Labute approximate surface area is 258 Å². The number of ether oxygens (including phenoxy) is 1. The fourth-order valence-electron chi connectivity index (χ4n) is 3.98. The predicted octanol–water partition coefficient (Wildman–Crippen LogP) is 6.22. The molecule has 4 amide bonds. The highest BCUT2D eigenvalue weighted by atomic mass is 79.9. The molecule has 12 heteroatoms. The van der Waals surface area contributed by atoms with E-state index in [1.54, 1.807) is 30.3 Å². The first kappa shape index (κ1) is 29.2. The topological polar surface area (TPSA) is 119 Å². The van der Waals surface area contributed by atoms with E-state index in [1.807, 2.05) is 30.3 Å². The standard InChI is InChI=1S/C30H20Br2N2O7S/c31-25-16-20(17-26(32)27(25)41-42(38,39)23-9-5-2-6-10-23)15-24-28(35)33-30(37)34(29(24)36)21-11-13-22(14-12-21)40-18-19-7-3-1-4-8-19/h1-17H,18H2,(H,33,35,37)/b24-15+. The van der Waals surface area contributed by atoms with Crippen LogP contribution in [0.3, 0.4) is 0 Å². The van der Waals surface area contributed by atoms with Gasteiger partial charge < -0.3 is 8.92 Å². The number of anilines is 1. The molecule has 5 rings (SSSR count). The van der Waals surface area contributed by atoms with Gasteiger partial charge in [0, 0.05) is 0 Å². The summed E-state index contributed by atoms with van der Waals surface area (Å²) in [7, 11) is -4.13. The predicted molar refractivity (Wildman–Crippen MR) is 162 cm³/mol. The molecule has 1 heterocycles. The summed E-state index contributed by atoms with van der Waals surface area (Å²) in [6, 6.07) is 25.6. The summed E-state index contributed by atoms with van der Waals surface area (Å²) < 4.78 is 37.0. The monoisotopic (exact) mass is 710 g/mol. The molecule has 1 aliphatic rings. The van der Waals surface area contributed by atoms with Crippen LogP contribution >= 0.6 is 31.9 Å². The summed E-state index contributed by atoms with van der Waals surface area (Å²) >= 11 is 6.60. The maximum atomic E-state index is 13.3. The Balaban J connectivity index is 1.36. The van der Waals surface area contributed by atoms with E-state index in [-0.39, 0.29) is 30.9 Å². The van der Waals surface area contributed by atoms with Crippen molar-refractivity contribution >= 4 is 71.6 Å². The second kappa shape index (κ2) is 12.3. The minimum Gasteiger partial charge on any atom is -0.489 e. The van der Waals surface area contributed by atoms with Crippen LogP contribution in [-0.2, 0) is 26.3 Å². The van der Waals surface area contributed by atoms with E-state index in [4.69, 9.17) is 8.92 Å². The maximum absolute atomic E-state index is 13.3. The molecule has 1 aliphatic heterocycles. The van der Waals surface area contributed by atoms with Crippen molar-refractivity contribution in [2.45, 2.75) is 11.5 Å². The molecule has 0 unspecified atom stereocenters. The normalized spacial score (nSPS) is 14.6. The molecule has 1 saturated heterocycles. The third-order valence-corrected chi connectivity index (χ3v) is 8.42. The SMILES string of the molecule is O=C1NC(=O)N(c2ccc(OCc3ccccc3)cc2)C(=O)/C1=C/c1cc(Br)c(OS(=O)(=O)c2ccccc2)c(Br)c1. The van der Waals surface area contributed by atoms with Gasteiger partial charge in [-0.25, -0.2) is 9.69 Å². The molecule has 4 aromatic carbocycles. The average Bonchev–Trinajstić information content (AvgIpc) is 2.98. The quantitative estimate of drug-likeness (QED) is 0.131. The maximum Gasteiger partial charge on any atom is 0.339 e. The highest BCUT2D eigenvalue weighted by Crippen LogP contribution is 2.37. The van der Waals surface area contributed by atoms with Crippen LogP contribution in [0.15, 0.2) is 116 Å². The number of rotatable bonds is 8. The molecule has 42 heavy (non-hydrogen) atoms. The Hall–Kier alpha value is -4.26. The molecule has 212 valence electrons. The van der Waals surface area contributed by atoms with Crippen LogP contribution < -0.4 is 19.1 Å². The molecule has 9 nitrogen and oxygen atoms in total. The number of hydrogen-bond acceptors (Lipinski definition) is 7. The molecule has 4 aromatic rings. The Morgan fingerprint density at radius 1 is 0.810 bits per heavy atom. The molecule has 1 fully saturated rings. The molecule has 0 atom stereocenters. The van der Waals surface area contributed by atoms with Crippen molar-refractivity contribution in [2.75, 3.05) is 4.90 Å². The Morgan fingerprint density at radius 2 is 1.40 bits per heavy atom. The van der Waals surface area contributed by atoms with Gasteiger partial charge in [-0.3, -0.25) is 14.9 Å². The molecular formula is C30H20Br2N2O7S. The van der Waals surface area contributed by atoms with E-state index >= 15 is 0 Å². The van der Waals surface area contributed by atoms with Crippen molar-refractivity contribution in [3.05, 3.63) is 123 Å². The lowest BCUT2D eigenvalue weighted by Crippen LogP contribution is -2.54. The molecule has 0 aliphatic carbocycles. The Bertz CT molecular complexity index is 1790. The van der Waals surface area contributed by atoms with Crippen molar-refractivity contribution in [2.24, 2.45) is 0 Å². The number of benzene rings is 4. The van der Waals surface area contributed by atoms with Gasteiger partial charge in [0.05, 0.1) is 14.6 Å². The van der Waals surface area contributed by atoms with Crippen molar-refractivity contribution in [3.63, 3.8) is 0 Å². The number of carbonyl (C=O) groups excluding carboxylic acids is 3.